The van der Waals surface area contributed by atoms with Gasteiger partial charge in [0.1, 0.15) is 5.82 Å². The number of amides is 1. The van der Waals surface area contributed by atoms with Gasteiger partial charge in [-0.05, 0) is 25.0 Å². The predicted octanol–water partition coefficient (Wildman–Crippen LogP) is 2.95. The second-order valence-corrected chi connectivity index (χ2v) is 6.13. The van der Waals surface area contributed by atoms with Gasteiger partial charge in [-0.2, -0.15) is 0 Å². The Bertz CT molecular complexity index is 682. The van der Waals surface area contributed by atoms with Crippen LogP contribution in [-0.2, 0) is 4.79 Å². The van der Waals surface area contributed by atoms with E-state index in [1.165, 1.54) is 0 Å². The quantitative estimate of drug-likeness (QED) is 0.843. The first-order chi connectivity index (χ1) is 11.8. The lowest BCUT2D eigenvalue weighted by Gasteiger charge is -2.33. The van der Waals surface area contributed by atoms with Gasteiger partial charge in [-0.3, -0.25) is 9.78 Å². The van der Waals surface area contributed by atoms with Crippen LogP contribution in [0.2, 0.25) is 0 Å². The van der Waals surface area contributed by atoms with Crippen molar-refractivity contribution in [1.82, 2.24) is 19.9 Å². The summed E-state index contributed by atoms with van der Waals surface area (Å²) in [5.74, 6) is 2.06. The van der Waals surface area contributed by atoms with E-state index in [1.807, 2.05) is 23.1 Å². The van der Waals surface area contributed by atoms with Crippen LogP contribution < -0.4 is 5.32 Å². The van der Waals surface area contributed by atoms with Crippen LogP contribution in [0.15, 0.2) is 36.8 Å². The second kappa shape index (κ2) is 8.06. The van der Waals surface area contributed by atoms with Gasteiger partial charge in [0.2, 0.25) is 5.91 Å². The van der Waals surface area contributed by atoms with Gasteiger partial charge >= 0.3 is 0 Å². The van der Waals surface area contributed by atoms with Crippen LogP contribution in [-0.4, -0.2) is 44.7 Å². The number of carbonyl (C=O) groups is 1. The van der Waals surface area contributed by atoms with Gasteiger partial charge in [0.15, 0.2) is 5.82 Å². The van der Waals surface area contributed by atoms with Crippen molar-refractivity contribution >= 4 is 29.1 Å². The molecule has 3 heterocycles. The molecular formula is C17H20ClN5O. The fraction of sp³-hybridized carbons (Fsp3) is 0.412. The van der Waals surface area contributed by atoms with E-state index in [0.717, 1.165) is 30.9 Å². The summed E-state index contributed by atoms with van der Waals surface area (Å²) in [4.78, 5) is 27.2. The monoisotopic (exact) mass is 345 g/mol. The lowest BCUT2D eigenvalue weighted by Crippen LogP contribution is -2.39. The molecule has 2 aromatic rings. The molecule has 1 aliphatic rings. The Hall–Kier alpha value is -2.21. The number of anilines is 2. The first-order valence-electron chi connectivity index (χ1n) is 8.10. The zero-order valence-electron chi connectivity index (χ0n) is 13.4. The Morgan fingerprint density at radius 2 is 2.12 bits per heavy atom. The molecule has 1 N–H and O–H groups in total. The van der Waals surface area contributed by atoms with Crippen LogP contribution in [0.1, 0.15) is 30.9 Å². The van der Waals surface area contributed by atoms with E-state index in [0.29, 0.717) is 24.7 Å². The summed E-state index contributed by atoms with van der Waals surface area (Å²) in [6.07, 6.45) is 7.41. The summed E-state index contributed by atoms with van der Waals surface area (Å²) in [6.45, 7) is 1.45. The van der Waals surface area contributed by atoms with E-state index >= 15 is 0 Å². The van der Waals surface area contributed by atoms with E-state index in [4.69, 9.17) is 11.6 Å². The summed E-state index contributed by atoms with van der Waals surface area (Å²) in [5.41, 5.74) is 0.881. The van der Waals surface area contributed by atoms with Gasteiger partial charge in [0.05, 0.1) is 5.69 Å². The van der Waals surface area contributed by atoms with Crippen LogP contribution in [0.4, 0.5) is 11.6 Å². The van der Waals surface area contributed by atoms with Crippen molar-refractivity contribution in [3.8, 4) is 0 Å². The maximum atomic E-state index is 12.1. The van der Waals surface area contributed by atoms with Crippen molar-refractivity contribution in [3.05, 3.63) is 42.5 Å². The number of piperidine rings is 1. The highest BCUT2D eigenvalue weighted by atomic mass is 35.5. The molecule has 0 bridgehead atoms. The zero-order chi connectivity index (χ0) is 16.8. The molecule has 0 spiro atoms. The summed E-state index contributed by atoms with van der Waals surface area (Å²) in [5, 5.41) is 3.23. The molecule has 3 rings (SSSR count). The maximum absolute atomic E-state index is 12.1. The number of likely N-dealkylation sites (tertiary alicyclic amines) is 1. The summed E-state index contributed by atoms with van der Waals surface area (Å²) in [6, 6.07) is 5.67. The van der Waals surface area contributed by atoms with Crippen molar-refractivity contribution in [2.45, 2.75) is 25.2 Å². The van der Waals surface area contributed by atoms with E-state index in [2.05, 4.69) is 20.3 Å². The van der Waals surface area contributed by atoms with Gasteiger partial charge in [-0.25, -0.2) is 9.97 Å². The lowest BCUT2D eigenvalue weighted by molar-refractivity contribution is -0.131. The van der Waals surface area contributed by atoms with Crippen molar-refractivity contribution in [2.24, 2.45) is 0 Å². The van der Waals surface area contributed by atoms with Crippen molar-refractivity contribution < 1.29 is 4.79 Å². The Morgan fingerprint density at radius 3 is 2.92 bits per heavy atom. The topological polar surface area (TPSA) is 71.0 Å². The highest BCUT2D eigenvalue weighted by Crippen LogP contribution is 2.30. The number of pyridine rings is 1. The molecule has 1 unspecified atom stereocenters. The molecule has 1 saturated heterocycles. The molecule has 1 atom stereocenters. The third-order valence-corrected chi connectivity index (χ3v) is 4.30. The molecule has 1 aliphatic heterocycles. The fourth-order valence-electron chi connectivity index (χ4n) is 2.97. The smallest absolute Gasteiger partial charge is 0.223 e. The van der Waals surface area contributed by atoms with Crippen LogP contribution >= 0.6 is 11.6 Å². The number of carbonyl (C=O) groups excluding carboxylic acids is 1. The maximum Gasteiger partial charge on any atom is 0.223 e. The van der Waals surface area contributed by atoms with E-state index in [9.17, 15) is 4.79 Å². The van der Waals surface area contributed by atoms with E-state index < -0.39 is 0 Å². The molecule has 24 heavy (non-hydrogen) atoms. The zero-order valence-corrected chi connectivity index (χ0v) is 14.1. The van der Waals surface area contributed by atoms with Gasteiger partial charge in [-0.15, -0.1) is 11.6 Å². The number of rotatable bonds is 5. The first kappa shape index (κ1) is 16.6. The Labute approximate surface area is 146 Å². The summed E-state index contributed by atoms with van der Waals surface area (Å²) >= 11 is 5.70. The summed E-state index contributed by atoms with van der Waals surface area (Å²) in [7, 11) is 0. The minimum atomic E-state index is 0.109. The van der Waals surface area contributed by atoms with Crippen molar-refractivity contribution in [3.63, 3.8) is 0 Å². The van der Waals surface area contributed by atoms with Crippen LogP contribution in [0.5, 0.6) is 0 Å². The highest BCUT2D eigenvalue weighted by Gasteiger charge is 2.27. The molecule has 0 aromatic carbocycles. The standard InChI is InChI=1S/C17H20ClN5O/c18-7-6-15(24)23-11-3-4-13(12-23)16-17(21-10-9-20-16)22-14-5-1-2-8-19-14/h1-2,5,8-10,13H,3-4,6-7,11-12H2,(H,19,21,22). The third kappa shape index (κ3) is 4.00. The average molecular weight is 346 g/mol. The van der Waals surface area contributed by atoms with Crippen LogP contribution in [0, 0.1) is 0 Å². The van der Waals surface area contributed by atoms with Gasteiger partial charge in [-0.1, -0.05) is 6.07 Å². The Kier molecular flexibility index (Phi) is 5.59. The molecule has 1 amide bonds. The highest BCUT2D eigenvalue weighted by molar-refractivity contribution is 6.18. The van der Waals surface area contributed by atoms with Gasteiger partial charge < -0.3 is 10.2 Å². The number of hydrogen-bond acceptors (Lipinski definition) is 5. The molecule has 7 heteroatoms. The minimum Gasteiger partial charge on any atom is -0.342 e. The van der Waals surface area contributed by atoms with Gasteiger partial charge in [0.25, 0.3) is 0 Å². The number of alkyl halides is 1. The number of nitrogens with one attached hydrogen (secondary N) is 1. The fourth-order valence-corrected chi connectivity index (χ4v) is 3.13. The third-order valence-electron chi connectivity index (χ3n) is 4.11. The molecule has 6 nitrogen and oxygen atoms in total. The number of aromatic nitrogens is 3. The van der Waals surface area contributed by atoms with Crippen LogP contribution in [0.25, 0.3) is 0 Å². The summed E-state index contributed by atoms with van der Waals surface area (Å²) < 4.78 is 0. The number of hydrogen-bond donors (Lipinski definition) is 1. The molecule has 2 aromatic heterocycles. The molecule has 0 radical (unpaired) electrons. The molecule has 0 aliphatic carbocycles. The first-order valence-corrected chi connectivity index (χ1v) is 8.64. The Balaban J connectivity index is 1.77. The number of halogens is 1. The van der Waals surface area contributed by atoms with E-state index in [-0.39, 0.29) is 11.8 Å². The van der Waals surface area contributed by atoms with Crippen molar-refractivity contribution in [1.29, 1.82) is 0 Å². The van der Waals surface area contributed by atoms with Gasteiger partial charge in [0, 0.05) is 49.9 Å². The molecule has 1 fully saturated rings. The van der Waals surface area contributed by atoms with Crippen LogP contribution in [0.3, 0.4) is 0 Å². The SMILES string of the molecule is O=C(CCCl)N1CCCC(c2nccnc2Nc2ccccn2)C1. The largest absolute Gasteiger partial charge is 0.342 e. The van der Waals surface area contributed by atoms with Crippen molar-refractivity contribution in [2.75, 3.05) is 24.3 Å². The number of nitrogens with zero attached hydrogens (tertiary/aromatic N) is 4. The lowest BCUT2D eigenvalue weighted by atomic mass is 9.94. The molecule has 126 valence electrons. The molecule has 0 saturated carbocycles. The normalized spacial score (nSPS) is 17.5. The Morgan fingerprint density at radius 1 is 1.25 bits per heavy atom. The average Bonchev–Trinajstić information content (AvgIpc) is 2.63. The molecular weight excluding hydrogens is 326 g/mol. The second-order valence-electron chi connectivity index (χ2n) is 5.75. The predicted molar refractivity (Wildman–Crippen MR) is 93.4 cm³/mol. The minimum absolute atomic E-state index is 0.109. The van der Waals surface area contributed by atoms with E-state index in [1.54, 1.807) is 18.6 Å².